The van der Waals surface area contributed by atoms with Gasteiger partial charge in [0, 0.05) is 13.2 Å². The Hall–Kier alpha value is 0.270. The van der Waals surface area contributed by atoms with Gasteiger partial charge in [-0.3, -0.25) is 0 Å². The zero-order valence-corrected chi connectivity index (χ0v) is 15.9. The van der Waals surface area contributed by atoms with E-state index in [0.29, 0.717) is 13.2 Å². The predicted molar refractivity (Wildman–Crippen MR) is 96.3 cm³/mol. The molecule has 0 aromatic heterocycles. The van der Waals surface area contributed by atoms with Gasteiger partial charge in [0.15, 0.2) is 5.79 Å². The molecule has 0 aromatic carbocycles. The molecule has 3 heteroatoms. The summed E-state index contributed by atoms with van der Waals surface area (Å²) in [7, 11) is 0. The summed E-state index contributed by atoms with van der Waals surface area (Å²) >= 11 is 4.86. The highest BCUT2D eigenvalue weighted by Gasteiger charge is 2.43. The van der Waals surface area contributed by atoms with E-state index in [4.69, 9.17) is 22.1 Å². The average Bonchev–Trinajstić information content (AvgIpc) is 2.42. The van der Waals surface area contributed by atoms with E-state index in [1.54, 1.807) is 0 Å². The van der Waals surface area contributed by atoms with Gasteiger partial charge < -0.3 is 9.47 Å². The van der Waals surface area contributed by atoms with E-state index in [2.05, 4.69) is 13.8 Å². The van der Waals surface area contributed by atoms with Gasteiger partial charge in [-0.15, -0.1) is 0 Å². The summed E-state index contributed by atoms with van der Waals surface area (Å²) < 4.78 is 11.5. The van der Waals surface area contributed by atoms with Gasteiger partial charge in [0.2, 0.25) is 0 Å². The molecule has 128 valence electrons. The second-order valence-corrected chi connectivity index (χ2v) is 7.30. The fraction of sp³-hybridized carbons (Fsp3) is 1.00. The first-order valence-electron chi connectivity index (χ1n) is 8.93. The van der Waals surface area contributed by atoms with Crippen LogP contribution in [-0.4, -0.2) is 23.7 Å². The van der Waals surface area contributed by atoms with Crippen molar-refractivity contribution in [3.8, 4) is 0 Å². The smallest absolute Gasteiger partial charge is 0.179 e. The Kier molecular flexibility index (Phi) is 11.9. The molecule has 21 heavy (non-hydrogen) atoms. The molecule has 1 atom stereocenters. The van der Waals surface area contributed by atoms with Crippen LogP contribution < -0.4 is 0 Å². The summed E-state index contributed by atoms with van der Waals surface area (Å²) in [5, 5.41) is 0. The van der Waals surface area contributed by atoms with Crippen molar-refractivity contribution >= 4 is 12.6 Å². The van der Waals surface area contributed by atoms with Crippen molar-refractivity contribution in [2.75, 3.05) is 13.2 Å². The molecule has 0 radical (unpaired) electrons. The van der Waals surface area contributed by atoms with Gasteiger partial charge in [0.25, 0.3) is 0 Å². The van der Waals surface area contributed by atoms with E-state index < -0.39 is 5.79 Å². The number of hydrogen-bond acceptors (Lipinski definition) is 3. The molecule has 0 heterocycles. The Labute approximate surface area is 138 Å². The topological polar surface area (TPSA) is 18.5 Å². The van der Waals surface area contributed by atoms with E-state index in [1.807, 2.05) is 20.8 Å². The molecule has 0 spiro atoms. The molecule has 0 bridgehead atoms. The van der Waals surface area contributed by atoms with Crippen LogP contribution in [0.5, 0.6) is 0 Å². The molecule has 0 aromatic rings. The van der Waals surface area contributed by atoms with Gasteiger partial charge in [-0.1, -0.05) is 58.3 Å². The third-order valence-electron chi connectivity index (χ3n) is 4.34. The molecule has 0 saturated heterocycles. The van der Waals surface area contributed by atoms with Crippen LogP contribution in [0.1, 0.15) is 92.4 Å². The Bertz CT molecular complexity index is 235. The van der Waals surface area contributed by atoms with Gasteiger partial charge in [0.05, 0.1) is 4.75 Å². The molecule has 0 saturated carbocycles. The molecule has 0 fully saturated rings. The summed E-state index contributed by atoms with van der Waals surface area (Å²) in [6, 6.07) is 0. The second-order valence-electron chi connectivity index (χ2n) is 6.31. The van der Waals surface area contributed by atoms with Crippen molar-refractivity contribution in [2.45, 2.75) is 103 Å². The summed E-state index contributed by atoms with van der Waals surface area (Å²) in [5.74, 6) is -0.596. The van der Waals surface area contributed by atoms with E-state index in [-0.39, 0.29) is 4.75 Å². The van der Waals surface area contributed by atoms with Crippen LogP contribution in [0.3, 0.4) is 0 Å². The maximum atomic E-state index is 5.86. The third-order valence-corrected chi connectivity index (χ3v) is 4.96. The Balaban J connectivity index is 3.98. The average molecular weight is 319 g/mol. The molecule has 0 rings (SSSR count). The van der Waals surface area contributed by atoms with Gasteiger partial charge in [0.1, 0.15) is 0 Å². The van der Waals surface area contributed by atoms with Crippen molar-refractivity contribution in [2.24, 2.45) is 0 Å². The maximum absolute atomic E-state index is 5.86. The SMILES string of the molecule is CCCCCCCCCCC(C)(S)C(C)(OCC)OCC. The zero-order valence-electron chi connectivity index (χ0n) is 15.0. The number of ether oxygens (including phenoxy) is 2. The monoisotopic (exact) mass is 318 g/mol. The van der Waals surface area contributed by atoms with Gasteiger partial charge in [-0.25, -0.2) is 0 Å². The molecule has 2 nitrogen and oxygen atoms in total. The molecule has 0 amide bonds. The van der Waals surface area contributed by atoms with E-state index in [0.717, 1.165) is 6.42 Å². The molecule has 0 aliphatic carbocycles. The summed E-state index contributed by atoms with van der Waals surface area (Å²) in [6.45, 7) is 11.8. The Morgan fingerprint density at radius 2 is 1.14 bits per heavy atom. The van der Waals surface area contributed by atoms with Crippen LogP contribution in [0, 0.1) is 0 Å². The first kappa shape index (κ1) is 21.3. The minimum atomic E-state index is -0.596. The van der Waals surface area contributed by atoms with Crippen molar-refractivity contribution in [1.29, 1.82) is 0 Å². The van der Waals surface area contributed by atoms with Crippen molar-refractivity contribution in [3.05, 3.63) is 0 Å². The minimum absolute atomic E-state index is 0.249. The highest BCUT2D eigenvalue weighted by molar-refractivity contribution is 7.81. The lowest BCUT2D eigenvalue weighted by Gasteiger charge is -2.42. The fourth-order valence-corrected chi connectivity index (χ4v) is 3.02. The number of thiol groups is 1. The number of hydrogen-bond donors (Lipinski definition) is 1. The van der Waals surface area contributed by atoms with Crippen molar-refractivity contribution in [3.63, 3.8) is 0 Å². The van der Waals surface area contributed by atoms with Crippen LogP contribution in [-0.2, 0) is 9.47 Å². The Morgan fingerprint density at radius 1 is 0.714 bits per heavy atom. The number of rotatable bonds is 14. The lowest BCUT2D eigenvalue weighted by molar-refractivity contribution is -0.239. The lowest BCUT2D eigenvalue weighted by Crippen LogP contribution is -2.50. The van der Waals surface area contributed by atoms with E-state index in [1.165, 1.54) is 51.4 Å². The van der Waals surface area contributed by atoms with Crippen LogP contribution in [0.4, 0.5) is 0 Å². The molecule has 1 unspecified atom stereocenters. The van der Waals surface area contributed by atoms with Gasteiger partial charge >= 0.3 is 0 Å². The molecular weight excluding hydrogens is 280 g/mol. The van der Waals surface area contributed by atoms with Crippen LogP contribution in [0.15, 0.2) is 0 Å². The highest BCUT2D eigenvalue weighted by atomic mass is 32.1. The standard InChI is InChI=1S/C18H38O2S/c1-6-9-10-11-12-13-14-15-16-17(4,21)18(5,19-7-2)20-8-3/h21H,6-16H2,1-5H3. The third kappa shape index (κ3) is 8.47. The largest absolute Gasteiger partial charge is 0.349 e. The first-order valence-corrected chi connectivity index (χ1v) is 9.38. The van der Waals surface area contributed by atoms with Crippen molar-refractivity contribution < 1.29 is 9.47 Å². The lowest BCUT2D eigenvalue weighted by atomic mass is 9.93. The fourth-order valence-electron chi connectivity index (χ4n) is 2.73. The summed E-state index contributed by atoms with van der Waals surface area (Å²) in [6.07, 6.45) is 11.7. The zero-order chi connectivity index (χ0) is 16.2. The van der Waals surface area contributed by atoms with Crippen molar-refractivity contribution in [1.82, 2.24) is 0 Å². The van der Waals surface area contributed by atoms with Crippen LogP contribution in [0.2, 0.25) is 0 Å². The molecular formula is C18H38O2S. The first-order chi connectivity index (χ1) is 9.93. The summed E-state index contributed by atoms with van der Waals surface area (Å²) in [5.41, 5.74) is 0. The summed E-state index contributed by atoms with van der Waals surface area (Å²) in [4.78, 5) is 0. The van der Waals surface area contributed by atoms with E-state index >= 15 is 0 Å². The van der Waals surface area contributed by atoms with Crippen LogP contribution in [0.25, 0.3) is 0 Å². The molecule has 0 aliphatic rings. The number of unbranched alkanes of at least 4 members (excludes halogenated alkanes) is 7. The van der Waals surface area contributed by atoms with Gasteiger partial charge in [-0.05, 0) is 34.1 Å². The Morgan fingerprint density at radius 3 is 1.57 bits per heavy atom. The maximum Gasteiger partial charge on any atom is 0.179 e. The normalized spacial score (nSPS) is 15.1. The predicted octanol–water partition coefficient (Wildman–Crippen LogP) is 5.99. The molecule has 0 aliphatic heterocycles. The van der Waals surface area contributed by atoms with E-state index in [9.17, 15) is 0 Å². The highest BCUT2D eigenvalue weighted by Crippen LogP contribution is 2.37. The van der Waals surface area contributed by atoms with Gasteiger partial charge in [-0.2, -0.15) is 12.6 Å². The minimum Gasteiger partial charge on any atom is -0.349 e. The quantitative estimate of drug-likeness (QED) is 0.241. The second kappa shape index (κ2) is 11.8. The van der Waals surface area contributed by atoms with Crippen LogP contribution >= 0.6 is 12.6 Å². The molecule has 0 N–H and O–H groups in total.